The molecule has 0 saturated carbocycles. The molecule has 1 rings (SSSR count). The Balaban J connectivity index is 3.38. The molecular weight excluding hydrogens is 197 g/mol. The van der Waals surface area contributed by atoms with Gasteiger partial charge in [-0.15, -0.1) is 0 Å². The average Bonchev–Trinajstić information content (AvgIpc) is 2.01. The molecule has 0 fully saturated rings. The van der Waals surface area contributed by atoms with Gasteiger partial charge in [0, 0.05) is 11.8 Å². The van der Waals surface area contributed by atoms with Gasteiger partial charge in [0.25, 0.3) is 6.43 Å². The highest BCUT2D eigenvalue weighted by atomic mass is 19.3. The molecule has 0 aliphatic carbocycles. The lowest BCUT2D eigenvalue weighted by Gasteiger charge is -2.04. The first-order valence-corrected chi connectivity index (χ1v) is 3.63. The van der Waals surface area contributed by atoms with Crippen molar-refractivity contribution in [3.63, 3.8) is 0 Å². The summed E-state index contributed by atoms with van der Waals surface area (Å²) in [5.74, 6) is -1.02. The van der Waals surface area contributed by atoms with Gasteiger partial charge in [0.2, 0.25) is 0 Å². The van der Waals surface area contributed by atoms with Crippen molar-refractivity contribution in [2.75, 3.05) is 0 Å². The Kier molecular flexibility index (Phi) is 2.92. The molecule has 1 heterocycles. The average molecular weight is 202 g/mol. The Hall–Kier alpha value is -1.77. The fourth-order valence-electron chi connectivity index (χ4n) is 1.05. The van der Waals surface area contributed by atoms with E-state index in [1.54, 1.807) is 6.07 Å². The fourth-order valence-corrected chi connectivity index (χ4v) is 1.05. The second-order valence-electron chi connectivity index (χ2n) is 2.51. The van der Waals surface area contributed by atoms with Gasteiger partial charge in [0.15, 0.2) is 11.4 Å². The topological polar surface area (TPSA) is 56.6 Å². The van der Waals surface area contributed by atoms with E-state index in [2.05, 4.69) is 0 Å². The highest BCUT2D eigenvalue weighted by Crippen LogP contribution is 2.18. The van der Waals surface area contributed by atoms with Crippen molar-refractivity contribution in [3.8, 4) is 6.07 Å². The molecule has 1 N–H and O–H groups in total. The number of hydrogen-bond donors (Lipinski definition) is 1. The third-order valence-electron chi connectivity index (χ3n) is 1.59. The maximum atomic E-state index is 12.6. The molecule has 0 unspecified atom stereocenters. The summed E-state index contributed by atoms with van der Waals surface area (Å²) in [6.07, 6.45) is -3.46. The van der Waals surface area contributed by atoms with Gasteiger partial charge >= 0.3 is 0 Å². The number of halogens is 3. The van der Waals surface area contributed by atoms with Gasteiger partial charge in [-0.2, -0.15) is 9.65 Å². The molecule has 6 heteroatoms. The van der Waals surface area contributed by atoms with Crippen LogP contribution in [0.5, 0.6) is 0 Å². The number of nitrogens with zero attached hydrogens (tertiary/aromatic N) is 1. The maximum Gasteiger partial charge on any atom is 0.269 e. The predicted molar refractivity (Wildman–Crippen MR) is 41.3 cm³/mol. The van der Waals surface area contributed by atoms with Crippen LogP contribution in [0.1, 0.15) is 17.7 Å². The Labute approximate surface area is 76.8 Å². The zero-order valence-electron chi connectivity index (χ0n) is 6.85. The summed E-state index contributed by atoms with van der Waals surface area (Å²) in [5, 5.41) is 8.27. The lowest BCUT2D eigenvalue weighted by molar-refractivity contribution is 0.148. The summed E-state index contributed by atoms with van der Waals surface area (Å²) in [7, 11) is 0. The van der Waals surface area contributed by atoms with E-state index >= 15 is 0 Å². The van der Waals surface area contributed by atoms with Crippen molar-refractivity contribution in [2.45, 2.75) is 12.8 Å². The number of aromatic nitrogens is 1. The molecule has 14 heavy (non-hydrogen) atoms. The third-order valence-corrected chi connectivity index (χ3v) is 1.59. The number of rotatable bonds is 2. The summed E-state index contributed by atoms with van der Waals surface area (Å²) < 4.78 is 37.2. The number of aromatic amines is 1. The van der Waals surface area contributed by atoms with Crippen molar-refractivity contribution < 1.29 is 13.2 Å². The largest absolute Gasteiger partial charge is 0.334 e. The molecule has 0 atom stereocenters. The molecule has 74 valence electrons. The fraction of sp³-hybridized carbons (Fsp3) is 0.250. The van der Waals surface area contributed by atoms with Gasteiger partial charge in [-0.05, 0) is 0 Å². The first-order chi connectivity index (χ1) is 6.56. The van der Waals surface area contributed by atoms with E-state index in [0.29, 0.717) is 6.07 Å². The van der Waals surface area contributed by atoms with Gasteiger partial charge < -0.3 is 4.98 Å². The third kappa shape index (κ3) is 1.93. The maximum absolute atomic E-state index is 12.6. The van der Waals surface area contributed by atoms with Gasteiger partial charge in [-0.25, -0.2) is 8.78 Å². The van der Waals surface area contributed by atoms with E-state index in [4.69, 9.17) is 5.26 Å². The highest BCUT2D eigenvalue weighted by molar-refractivity contribution is 5.24. The first kappa shape index (κ1) is 10.3. The van der Waals surface area contributed by atoms with Gasteiger partial charge in [-0.1, -0.05) is 0 Å². The summed E-state index contributed by atoms with van der Waals surface area (Å²) in [6, 6.07) is 2.00. The van der Waals surface area contributed by atoms with Crippen molar-refractivity contribution in [3.05, 3.63) is 33.5 Å². The normalized spacial score (nSPS) is 10.2. The zero-order chi connectivity index (χ0) is 10.7. The molecule has 0 spiro atoms. The molecule has 0 aliphatic heterocycles. The Morgan fingerprint density at radius 1 is 1.57 bits per heavy atom. The molecule has 0 amide bonds. The number of pyridine rings is 1. The predicted octanol–water partition coefficient (Wildman–Crippen LogP) is 1.52. The lowest BCUT2D eigenvalue weighted by Crippen LogP contribution is -2.15. The van der Waals surface area contributed by atoms with Crippen LogP contribution < -0.4 is 5.43 Å². The number of nitriles is 1. The molecule has 3 nitrogen and oxygen atoms in total. The van der Waals surface area contributed by atoms with Crippen molar-refractivity contribution in [2.24, 2.45) is 0 Å². The van der Waals surface area contributed by atoms with Crippen molar-refractivity contribution in [1.29, 1.82) is 5.26 Å². The Morgan fingerprint density at radius 2 is 2.21 bits per heavy atom. The first-order valence-electron chi connectivity index (χ1n) is 3.63. The monoisotopic (exact) mass is 202 g/mol. The summed E-state index contributed by atoms with van der Waals surface area (Å²) in [5.41, 5.74) is -2.30. The lowest BCUT2D eigenvalue weighted by atomic mass is 10.1. The summed E-state index contributed by atoms with van der Waals surface area (Å²) in [6.45, 7) is 0. The van der Waals surface area contributed by atoms with Crippen LogP contribution in [0, 0.1) is 17.3 Å². The molecular formula is C8H5F3N2O. The SMILES string of the molecule is N#CCc1[nH]c(F)cc(=O)c1C(F)F. The van der Waals surface area contributed by atoms with Crippen LogP contribution in [-0.4, -0.2) is 4.98 Å². The Bertz CT molecular complexity index is 433. The van der Waals surface area contributed by atoms with E-state index in [9.17, 15) is 18.0 Å². The molecule has 0 bridgehead atoms. The second kappa shape index (κ2) is 3.96. The van der Waals surface area contributed by atoms with Crippen LogP contribution in [0.4, 0.5) is 13.2 Å². The highest BCUT2D eigenvalue weighted by Gasteiger charge is 2.18. The van der Waals surface area contributed by atoms with Gasteiger partial charge in [0.1, 0.15) is 0 Å². The van der Waals surface area contributed by atoms with Crippen molar-refractivity contribution in [1.82, 2.24) is 4.98 Å². The van der Waals surface area contributed by atoms with E-state index in [1.807, 2.05) is 4.98 Å². The smallest absolute Gasteiger partial charge is 0.269 e. The van der Waals surface area contributed by atoms with Crippen LogP contribution in [0.2, 0.25) is 0 Å². The minimum absolute atomic E-state index is 0.368. The molecule has 0 radical (unpaired) electrons. The van der Waals surface area contributed by atoms with Gasteiger partial charge in [-0.3, -0.25) is 4.79 Å². The van der Waals surface area contributed by atoms with E-state index in [0.717, 1.165) is 0 Å². The number of nitrogens with one attached hydrogen (secondary N) is 1. The molecule has 1 aromatic heterocycles. The summed E-state index contributed by atoms with van der Waals surface area (Å²) >= 11 is 0. The molecule has 0 aliphatic rings. The minimum atomic E-state index is -3.01. The standard InChI is InChI=1S/C8H5F3N2O/c9-6-3-5(14)7(8(10)11)4(13-6)1-2-12/h3,8H,1H2,(H,13,14). The quantitative estimate of drug-likeness (QED) is 0.739. The number of alkyl halides is 2. The van der Waals surface area contributed by atoms with E-state index in [1.165, 1.54) is 0 Å². The van der Waals surface area contributed by atoms with Crippen LogP contribution in [0.15, 0.2) is 10.9 Å². The number of H-pyrrole nitrogens is 1. The minimum Gasteiger partial charge on any atom is -0.334 e. The summed E-state index contributed by atoms with van der Waals surface area (Å²) in [4.78, 5) is 12.9. The van der Waals surface area contributed by atoms with Crippen LogP contribution in [0.25, 0.3) is 0 Å². The zero-order valence-corrected chi connectivity index (χ0v) is 6.85. The second-order valence-corrected chi connectivity index (χ2v) is 2.51. The van der Waals surface area contributed by atoms with E-state index in [-0.39, 0.29) is 5.69 Å². The van der Waals surface area contributed by atoms with Crippen LogP contribution in [0.3, 0.4) is 0 Å². The molecule has 0 saturated heterocycles. The van der Waals surface area contributed by atoms with Gasteiger partial charge in [0.05, 0.1) is 18.1 Å². The van der Waals surface area contributed by atoms with Crippen LogP contribution in [-0.2, 0) is 6.42 Å². The molecule has 0 aromatic carbocycles. The van der Waals surface area contributed by atoms with Crippen LogP contribution >= 0.6 is 0 Å². The van der Waals surface area contributed by atoms with Crippen molar-refractivity contribution >= 4 is 0 Å². The Morgan fingerprint density at radius 3 is 2.71 bits per heavy atom. The molecule has 1 aromatic rings. The van der Waals surface area contributed by atoms with E-state index < -0.39 is 29.8 Å². The number of hydrogen-bond acceptors (Lipinski definition) is 2.